The Morgan fingerprint density at radius 2 is 2.05 bits per heavy atom. The van der Waals surface area contributed by atoms with E-state index in [1.165, 1.54) is 0 Å². The van der Waals surface area contributed by atoms with E-state index in [0.29, 0.717) is 34.3 Å². The second-order valence-corrected chi connectivity index (χ2v) is 4.55. The topological polar surface area (TPSA) is 64.3 Å². The lowest BCUT2D eigenvalue weighted by Gasteiger charge is -2.12. The fourth-order valence-corrected chi connectivity index (χ4v) is 1.96. The molecule has 20 heavy (non-hydrogen) atoms. The van der Waals surface area contributed by atoms with Crippen molar-refractivity contribution < 1.29 is 9.53 Å². The summed E-state index contributed by atoms with van der Waals surface area (Å²) in [5, 5.41) is 3.28. The molecular weight excluding hydrogens is 276 g/mol. The summed E-state index contributed by atoms with van der Waals surface area (Å²) in [6.07, 6.45) is 0. The molecule has 0 aliphatic carbocycles. The van der Waals surface area contributed by atoms with Crippen molar-refractivity contribution >= 4 is 28.9 Å². The van der Waals surface area contributed by atoms with Gasteiger partial charge in [-0.3, -0.25) is 4.79 Å². The number of rotatable bonds is 4. The summed E-state index contributed by atoms with van der Waals surface area (Å²) in [5.41, 5.74) is 7.11. The molecule has 0 bridgehead atoms. The molecule has 0 aliphatic heterocycles. The summed E-state index contributed by atoms with van der Waals surface area (Å²) in [4.78, 5) is 12.2. The van der Waals surface area contributed by atoms with Crippen molar-refractivity contribution in [1.29, 1.82) is 0 Å². The lowest BCUT2D eigenvalue weighted by atomic mass is 10.1. The highest BCUT2D eigenvalue weighted by molar-refractivity contribution is 6.31. The van der Waals surface area contributed by atoms with Gasteiger partial charge >= 0.3 is 0 Å². The number of amides is 1. The van der Waals surface area contributed by atoms with E-state index >= 15 is 0 Å². The Bertz CT molecular complexity index is 629. The average Bonchev–Trinajstić information content (AvgIpc) is 2.41. The Morgan fingerprint density at radius 1 is 1.30 bits per heavy atom. The van der Waals surface area contributed by atoms with E-state index in [9.17, 15) is 4.79 Å². The summed E-state index contributed by atoms with van der Waals surface area (Å²) < 4.78 is 5.46. The molecule has 0 aliphatic rings. The Labute approximate surface area is 122 Å². The standard InChI is InChI=1S/C15H15ClN2O2/c1-2-20-14-6-4-3-5-13(14)18-15(19)11-8-7-10(16)9-12(11)17/h3-9H,2,17H2,1H3,(H,18,19). The van der Waals surface area contributed by atoms with Crippen molar-refractivity contribution in [2.45, 2.75) is 6.92 Å². The minimum atomic E-state index is -0.300. The van der Waals surface area contributed by atoms with Gasteiger partial charge in [0.1, 0.15) is 5.75 Å². The molecular formula is C15H15ClN2O2. The molecule has 0 saturated carbocycles. The van der Waals surface area contributed by atoms with Gasteiger partial charge in [-0.05, 0) is 37.3 Å². The molecule has 2 rings (SSSR count). The lowest BCUT2D eigenvalue weighted by molar-refractivity contribution is 0.102. The highest BCUT2D eigenvalue weighted by Crippen LogP contribution is 2.25. The number of nitrogen functional groups attached to an aromatic ring is 1. The van der Waals surface area contributed by atoms with E-state index in [4.69, 9.17) is 22.1 Å². The van der Waals surface area contributed by atoms with Crippen LogP contribution in [0.3, 0.4) is 0 Å². The highest BCUT2D eigenvalue weighted by atomic mass is 35.5. The van der Waals surface area contributed by atoms with Crippen LogP contribution in [0.15, 0.2) is 42.5 Å². The Balaban J connectivity index is 2.23. The van der Waals surface area contributed by atoms with E-state index in [1.54, 1.807) is 30.3 Å². The van der Waals surface area contributed by atoms with Crippen LogP contribution in [0.25, 0.3) is 0 Å². The molecule has 3 N–H and O–H groups in total. The monoisotopic (exact) mass is 290 g/mol. The molecule has 0 heterocycles. The number of hydrogen-bond acceptors (Lipinski definition) is 3. The predicted octanol–water partition coefficient (Wildman–Crippen LogP) is 3.57. The van der Waals surface area contributed by atoms with Crippen LogP contribution in [0.4, 0.5) is 11.4 Å². The number of carbonyl (C=O) groups excluding carboxylic acids is 1. The molecule has 1 amide bonds. The number of nitrogens with two attached hydrogens (primary N) is 1. The zero-order valence-electron chi connectivity index (χ0n) is 11.0. The van der Waals surface area contributed by atoms with Crippen LogP contribution >= 0.6 is 11.6 Å². The number of benzene rings is 2. The number of ether oxygens (including phenoxy) is 1. The molecule has 104 valence electrons. The smallest absolute Gasteiger partial charge is 0.257 e. The van der Waals surface area contributed by atoms with Crippen molar-refractivity contribution in [2.24, 2.45) is 0 Å². The van der Waals surface area contributed by atoms with Crippen molar-refractivity contribution in [2.75, 3.05) is 17.7 Å². The van der Waals surface area contributed by atoms with Gasteiger partial charge in [0.05, 0.1) is 17.9 Å². The number of halogens is 1. The van der Waals surface area contributed by atoms with Gasteiger partial charge in [-0.2, -0.15) is 0 Å². The van der Waals surface area contributed by atoms with E-state index in [-0.39, 0.29) is 5.91 Å². The van der Waals surface area contributed by atoms with E-state index in [1.807, 2.05) is 19.1 Å². The van der Waals surface area contributed by atoms with Gasteiger partial charge in [0.15, 0.2) is 0 Å². The van der Waals surface area contributed by atoms with Crippen LogP contribution in [0.2, 0.25) is 5.02 Å². The van der Waals surface area contributed by atoms with Crippen LogP contribution in [0, 0.1) is 0 Å². The van der Waals surface area contributed by atoms with Gasteiger partial charge < -0.3 is 15.8 Å². The Hall–Kier alpha value is -2.20. The number of para-hydroxylation sites is 2. The average molecular weight is 291 g/mol. The number of hydrogen-bond donors (Lipinski definition) is 2. The van der Waals surface area contributed by atoms with Gasteiger partial charge in [-0.15, -0.1) is 0 Å². The molecule has 0 saturated heterocycles. The molecule has 0 radical (unpaired) electrons. The third-order valence-corrected chi connectivity index (χ3v) is 2.93. The minimum absolute atomic E-state index is 0.300. The molecule has 2 aromatic rings. The summed E-state index contributed by atoms with van der Waals surface area (Å²) in [7, 11) is 0. The molecule has 0 atom stereocenters. The Kier molecular flexibility index (Phi) is 4.48. The maximum atomic E-state index is 12.2. The van der Waals surface area contributed by atoms with E-state index in [2.05, 4.69) is 5.32 Å². The zero-order chi connectivity index (χ0) is 14.5. The fraction of sp³-hybridized carbons (Fsp3) is 0.133. The molecule has 0 fully saturated rings. The fourth-order valence-electron chi connectivity index (χ4n) is 1.78. The molecule has 0 spiro atoms. The molecule has 0 aromatic heterocycles. The van der Waals surface area contributed by atoms with Crippen molar-refractivity contribution in [3.05, 3.63) is 53.1 Å². The van der Waals surface area contributed by atoms with Crippen LogP contribution in [0.5, 0.6) is 5.75 Å². The number of carbonyl (C=O) groups is 1. The first-order valence-electron chi connectivity index (χ1n) is 6.20. The summed E-state index contributed by atoms with van der Waals surface area (Å²) in [5.74, 6) is 0.321. The quantitative estimate of drug-likeness (QED) is 0.846. The first-order chi connectivity index (χ1) is 9.61. The van der Waals surface area contributed by atoms with Gasteiger partial charge in [-0.1, -0.05) is 23.7 Å². The molecule has 0 unspecified atom stereocenters. The Morgan fingerprint density at radius 3 is 2.75 bits per heavy atom. The third kappa shape index (κ3) is 3.22. The predicted molar refractivity (Wildman–Crippen MR) is 81.4 cm³/mol. The second-order valence-electron chi connectivity index (χ2n) is 4.11. The summed E-state index contributed by atoms with van der Waals surface area (Å²) in [6, 6.07) is 12.0. The number of anilines is 2. The first kappa shape index (κ1) is 14.2. The van der Waals surface area contributed by atoms with Crippen molar-refractivity contribution in [1.82, 2.24) is 0 Å². The summed E-state index contributed by atoms with van der Waals surface area (Å²) >= 11 is 5.82. The highest BCUT2D eigenvalue weighted by Gasteiger charge is 2.12. The first-order valence-corrected chi connectivity index (χ1v) is 6.58. The molecule has 5 heteroatoms. The molecule has 2 aromatic carbocycles. The normalized spacial score (nSPS) is 10.1. The van der Waals surface area contributed by atoms with Crippen LogP contribution < -0.4 is 15.8 Å². The van der Waals surface area contributed by atoms with E-state index < -0.39 is 0 Å². The maximum absolute atomic E-state index is 12.2. The zero-order valence-corrected chi connectivity index (χ0v) is 11.8. The van der Waals surface area contributed by atoms with Crippen molar-refractivity contribution in [3.63, 3.8) is 0 Å². The third-order valence-electron chi connectivity index (χ3n) is 2.69. The van der Waals surface area contributed by atoms with Crippen LogP contribution in [-0.2, 0) is 0 Å². The second kappa shape index (κ2) is 6.30. The van der Waals surface area contributed by atoms with Gasteiger partial charge in [0.2, 0.25) is 0 Å². The van der Waals surface area contributed by atoms with Crippen molar-refractivity contribution in [3.8, 4) is 5.75 Å². The van der Waals surface area contributed by atoms with Crippen LogP contribution in [-0.4, -0.2) is 12.5 Å². The summed E-state index contributed by atoms with van der Waals surface area (Å²) in [6.45, 7) is 2.41. The minimum Gasteiger partial charge on any atom is -0.492 e. The lowest BCUT2D eigenvalue weighted by Crippen LogP contribution is -2.14. The number of nitrogens with one attached hydrogen (secondary N) is 1. The van der Waals surface area contributed by atoms with E-state index in [0.717, 1.165) is 0 Å². The van der Waals surface area contributed by atoms with Gasteiger partial charge in [0.25, 0.3) is 5.91 Å². The van der Waals surface area contributed by atoms with Gasteiger partial charge in [-0.25, -0.2) is 0 Å². The largest absolute Gasteiger partial charge is 0.492 e. The van der Waals surface area contributed by atoms with Crippen LogP contribution in [0.1, 0.15) is 17.3 Å². The SMILES string of the molecule is CCOc1ccccc1NC(=O)c1ccc(Cl)cc1N. The molecule has 4 nitrogen and oxygen atoms in total. The maximum Gasteiger partial charge on any atom is 0.257 e. The van der Waals surface area contributed by atoms with Gasteiger partial charge in [0, 0.05) is 10.7 Å².